The lowest BCUT2D eigenvalue weighted by Gasteiger charge is -2.11. The van der Waals surface area contributed by atoms with Crippen molar-refractivity contribution in [1.82, 2.24) is 0 Å². The van der Waals surface area contributed by atoms with Gasteiger partial charge in [-0.15, -0.1) is 0 Å². The van der Waals surface area contributed by atoms with Crippen molar-refractivity contribution in [3.8, 4) is 0 Å². The summed E-state index contributed by atoms with van der Waals surface area (Å²) in [6, 6.07) is 11.9. The molecule has 0 aromatic heterocycles. The summed E-state index contributed by atoms with van der Waals surface area (Å²) in [4.78, 5) is 0.282. The molecule has 0 aliphatic rings. The molecule has 2 aromatic carbocycles. The third-order valence-corrected chi connectivity index (χ3v) is 4.45. The number of rotatable bonds is 3. The highest BCUT2D eigenvalue weighted by Gasteiger charge is 2.16. The second kappa shape index (κ2) is 4.93. The smallest absolute Gasteiger partial charge is 0.262 e. The summed E-state index contributed by atoms with van der Waals surface area (Å²) >= 11 is 0. The Morgan fingerprint density at radius 1 is 1.00 bits per heavy atom. The van der Waals surface area contributed by atoms with Crippen LogP contribution in [0.1, 0.15) is 11.1 Å². The van der Waals surface area contributed by atoms with Crippen LogP contribution in [0.25, 0.3) is 0 Å². The van der Waals surface area contributed by atoms with Gasteiger partial charge in [-0.25, -0.2) is 8.42 Å². The zero-order valence-corrected chi connectivity index (χ0v) is 11.7. The maximum Gasteiger partial charge on any atom is 0.262 e. The molecule has 19 heavy (non-hydrogen) atoms. The molecule has 0 saturated carbocycles. The first-order chi connectivity index (χ1) is 8.90. The van der Waals surface area contributed by atoms with Crippen LogP contribution in [0.15, 0.2) is 47.4 Å². The lowest BCUT2D eigenvalue weighted by Crippen LogP contribution is -2.14. The molecule has 4 nitrogen and oxygen atoms in total. The first-order valence-electron chi connectivity index (χ1n) is 5.85. The van der Waals surface area contributed by atoms with Crippen molar-refractivity contribution in [3.05, 3.63) is 53.6 Å². The van der Waals surface area contributed by atoms with Crippen molar-refractivity contribution in [1.29, 1.82) is 0 Å². The Kier molecular flexibility index (Phi) is 3.48. The zero-order chi connectivity index (χ0) is 14.0. The highest BCUT2D eigenvalue weighted by Crippen LogP contribution is 2.21. The van der Waals surface area contributed by atoms with Crippen molar-refractivity contribution >= 4 is 21.4 Å². The molecule has 0 heterocycles. The second-order valence-electron chi connectivity index (χ2n) is 4.44. The van der Waals surface area contributed by atoms with Crippen LogP contribution in [0.2, 0.25) is 0 Å². The van der Waals surface area contributed by atoms with E-state index in [-0.39, 0.29) is 4.90 Å². The monoisotopic (exact) mass is 276 g/mol. The minimum absolute atomic E-state index is 0.282. The van der Waals surface area contributed by atoms with E-state index < -0.39 is 10.0 Å². The zero-order valence-electron chi connectivity index (χ0n) is 10.8. The summed E-state index contributed by atoms with van der Waals surface area (Å²) in [7, 11) is -3.56. The van der Waals surface area contributed by atoms with Crippen LogP contribution in [-0.2, 0) is 10.0 Å². The second-order valence-corrected chi connectivity index (χ2v) is 6.09. The van der Waals surface area contributed by atoms with Crippen molar-refractivity contribution in [2.45, 2.75) is 18.7 Å². The Hall–Kier alpha value is -2.01. The number of nitrogens with one attached hydrogen (secondary N) is 1. The van der Waals surface area contributed by atoms with Gasteiger partial charge in [-0.1, -0.05) is 18.2 Å². The Morgan fingerprint density at radius 3 is 2.32 bits per heavy atom. The average molecular weight is 276 g/mol. The van der Waals surface area contributed by atoms with Gasteiger partial charge in [-0.3, -0.25) is 4.72 Å². The lowest BCUT2D eigenvalue weighted by molar-refractivity contribution is 0.600. The first-order valence-corrected chi connectivity index (χ1v) is 7.33. The van der Waals surface area contributed by atoms with Gasteiger partial charge in [-0.05, 0) is 49.2 Å². The van der Waals surface area contributed by atoms with Crippen molar-refractivity contribution < 1.29 is 8.42 Å². The van der Waals surface area contributed by atoms with E-state index in [1.165, 1.54) is 0 Å². The average Bonchev–Trinajstić information content (AvgIpc) is 2.34. The summed E-state index contributed by atoms with van der Waals surface area (Å²) in [5.41, 5.74) is 8.41. The Balaban J connectivity index is 2.37. The van der Waals surface area contributed by atoms with Gasteiger partial charge in [0.1, 0.15) is 0 Å². The van der Waals surface area contributed by atoms with Gasteiger partial charge in [0.15, 0.2) is 0 Å². The summed E-state index contributed by atoms with van der Waals surface area (Å²) < 4.78 is 27.1. The fourth-order valence-electron chi connectivity index (χ4n) is 1.81. The minimum Gasteiger partial charge on any atom is -0.399 e. The molecule has 0 atom stereocenters. The van der Waals surface area contributed by atoms with Gasteiger partial charge in [0, 0.05) is 11.4 Å². The van der Waals surface area contributed by atoms with Crippen LogP contribution in [-0.4, -0.2) is 8.42 Å². The molecule has 0 radical (unpaired) electrons. The molecule has 0 spiro atoms. The number of benzene rings is 2. The largest absolute Gasteiger partial charge is 0.399 e. The third kappa shape index (κ3) is 2.88. The van der Waals surface area contributed by atoms with E-state index in [1.54, 1.807) is 43.3 Å². The van der Waals surface area contributed by atoms with Crippen LogP contribution in [0.3, 0.4) is 0 Å². The first kappa shape index (κ1) is 13.4. The molecule has 2 rings (SSSR count). The molecule has 5 heteroatoms. The van der Waals surface area contributed by atoms with E-state index in [0.717, 1.165) is 5.56 Å². The molecular formula is C14H16N2O2S. The van der Waals surface area contributed by atoms with E-state index in [1.807, 2.05) is 13.0 Å². The predicted octanol–water partition coefficient (Wildman–Crippen LogP) is 2.69. The Labute approximate surface area is 113 Å². The summed E-state index contributed by atoms with van der Waals surface area (Å²) in [6.07, 6.45) is 0. The van der Waals surface area contributed by atoms with E-state index >= 15 is 0 Å². The molecule has 0 aliphatic carbocycles. The lowest BCUT2D eigenvalue weighted by atomic mass is 10.2. The maximum atomic E-state index is 12.3. The maximum absolute atomic E-state index is 12.3. The van der Waals surface area contributed by atoms with E-state index in [0.29, 0.717) is 16.9 Å². The van der Waals surface area contributed by atoms with Gasteiger partial charge < -0.3 is 5.73 Å². The summed E-state index contributed by atoms with van der Waals surface area (Å²) in [6.45, 7) is 3.60. The molecule has 0 saturated heterocycles. The molecule has 2 aromatic rings. The van der Waals surface area contributed by atoms with Crippen LogP contribution in [0.4, 0.5) is 11.4 Å². The molecule has 0 aliphatic heterocycles. The topological polar surface area (TPSA) is 72.2 Å². The number of aryl methyl sites for hydroxylation is 2. The van der Waals surface area contributed by atoms with Gasteiger partial charge in [-0.2, -0.15) is 0 Å². The number of hydrogen-bond donors (Lipinski definition) is 2. The van der Waals surface area contributed by atoms with Crippen LogP contribution in [0.5, 0.6) is 0 Å². The molecule has 3 N–H and O–H groups in total. The van der Waals surface area contributed by atoms with Gasteiger partial charge in [0.05, 0.1) is 4.90 Å². The third-order valence-electron chi connectivity index (χ3n) is 2.91. The number of nitrogens with two attached hydrogens (primary N) is 1. The van der Waals surface area contributed by atoms with Gasteiger partial charge in [0.25, 0.3) is 10.0 Å². The highest BCUT2D eigenvalue weighted by atomic mass is 32.2. The van der Waals surface area contributed by atoms with Crippen molar-refractivity contribution in [2.24, 2.45) is 0 Å². The van der Waals surface area contributed by atoms with Crippen LogP contribution in [0, 0.1) is 13.8 Å². The van der Waals surface area contributed by atoms with Crippen molar-refractivity contribution in [3.63, 3.8) is 0 Å². The standard InChI is InChI=1S/C14H16N2O2S/c1-10-5-3-4-6-14(10)19(17,18)16-12-7-8-13(15)11(2)9-12/h3-9,16H,15H2,1-2H3. The fourth-order valence-corrected chi connectivity index (χ4v) is 3.10. The minimum atomic E-state index is -3.56. The fraction of sp³-hybridized carbons (Fsp3) is 0.143. The molecule has 100 valence electrons. The van der Waals surface area contributed by atoms with Gasteiger partial charge >= 0.3 is 0 Å². The molecule has 0 fully saturated rings. The van der Waals surface area contributed by atoms with E-state index in [9.17, 15) is 8.42 Å². The predicted molar refractivity (Wildman–Crippen MR) is 77.6 cm³/mol. The Bertz CT molecular complexity index is 709. The van der Waals surface area contributed by atoms with Crippen LogP contribution >= 0.6 is 0 Å². The van der Waals surface area contributed by atoms with Crippen LogP contribution < -0.4 is 10.5 Å². The van der Waals surface area contributed by atoms with E-state index in [2.05, 4.69) is 4.72 Å². The number of hydrogen-bond acceptors (Lipinski definition) is 3. The Morgan fingerprint density at radius 2 is 1.68 bits per heavy atom. The quantitative estimate of drug-likeness (QED) is 0.847. The SMILES string of the molecule is Cc1cc(NS(=O)(=O)c2ccccc2C)ccc1N. The van der Waals surface area contributed by atoms with E-state index in [4.69, 9.17) is 5.73 Å². The molecule has 0 bridgehead atoms. The summed E-state index contributed by atoms with van der Waals surface area (Å²) in [5, 5.41) is 0. The molecule has 0 unspecified atom stereocenters. The number of sulfonamides is 1. The molecular weight excluding hydrogens is 260 g/mol. The molecule has 0 amide bonds. The number of nitrogen functional groups attached to an aromatic ring is 1. The van der Waals surface area contributed by atoms with Gasteiger partial charge in [0.2, 0.25) is 0 Å². The summed E-state index contributed by atoms with van der Waals surface area (Å²) in [5.74, 6) is 0. The van der Waals surface area contributed by atoms with Crippen molar-refractivity contribution in [2.75, 3.05) is 10.5 Å². The normalized spacial score (nSPS) is 11.3. The number of anilines is 2. The highest BCUT2D eigenvalue weighted by molar-refractivity contribution is 7.92.